The van der Waals surface area contributed by atoms with E-state index in [-0.39, 0.29) is 24.0 Å². The van der Waals surface area contributed by atoms with Gasteiger partial charge in [-0.25, -0.2) is 9.59 Å². The number of urea groups is 1. The molecule has 1 saturated heterocycles. The van der Waals surface area contributed by atoms with Crippen molar-refractivity contribution in [3.05, 3.63) is 89.5 Å². The highest BCUT2D eigenvalue weighted by molar-refractivity contribution is 6.03. The summed E-state index contributed by atoms with van der Waals surface area (Å²) in [6.07, 6.45) is -2.91. The number of carboxylic acids is 1. The second-order valence-corrected chi connectivity index (χ2v) is 13.0. The fraction of sp³-hybridized carbons (Fsp3) is 0.405. The third-order valence-corrected chi connectivity index (χ3v) is 8.37. The average Bonchev–Trinajstić information content (AvgIpc) is 3.06. The Morgan fingerprint density at radius 3 is 2.19 bits per heavy atom. The average molecular weight is 731 g/mol. The van der Waals surface area contributed by atoms with Gasteiger partial charge in [-0.1, -0.05) is 31.2 Å². The highest BCUT2D eigenvalue weighted by Gasteiger charge is 2.42. The number of carboxylic acid groups (broad SMARTS) is 1. The number of aliphatic carboxylic acids is 1. The van der Waals surface area contributed by atoms with Crippen LogP contribution in [0.25, 0.3) is 0 Å². The number of alkyl halides is 3. The Labute approximate surface area is 300 Å². The lowest BCUT2D eigenvalue weighted by Crippen LogP contribution is -2.63. The number of nitrogens with one attached hydrogen (secondary N) is 1. The van der Waals surface area contributed by atoms with Crippen LogP contribution in [0.1, 0.15) is 61.5 Å². The van der Waals surface area contributed by atoms with Crippen molar-refractivity contribution in [2.75, 3.05) is 25.0 Å². The molecule has 1 aliphatic heterocycles. The van der Waals surface area contributed by atoms with E-state index in [1.54, 1.807) is 62.4 Å². The fourth-order valence-electron chi connectivity index (χ4n) is 6.20. The van der Waals surface area contributed by atoms with Crippen molar-refractivity contribution in [2.24, 2.45) is 5.73 Å². The lowest BCUT2D eigenvalue weighted by Gasteiger charge is -2.47. The van der Waals surface area contributed by atoms with Crippen molar-refractivity contribution in [1.29, 1.82) is 0 Å². The summed E-state index contributed by atoms with van der Waals surface area (Å²) >= 11 is 0. The Hall–Kier alpha value is -5.15. The molecule has 1 aliphatic rings. The first kappa shape index (κ1) is 41.3. The summed E-state index contributed by atoms with van der Waals surface area (Å²) in [6, 6.07) is 18.1. The van der Waals surface area contributed by atoms with E-state index in [2.05, 4.69) is 12.2 Å². The molecule has 0 radical (unpaired) electrons. The van der Waals surface area contributed by atoms with Crippen LogP contribution in [0.5, 0.6) is 11.5 Å². The van der Waals surface area contributed by atoms with Crippen LogP contribution in [0.15, 0.2) is 72.8 Å². The molecule has 0 aromatic heterocycles. The number of phenols is 2. The smallest absolute Gasteiger partial charge is 0.430 e. The monoisotopic (exact) mass is 730 g/mol. The van der Waals surface area contributed by atoms with Crippen molar-refractivity contribution in [1.82, 2.24) is 4.90 Å². The number of carbonyl (C=O) groups excluding carboxylic acids is 4. The van der Waals surface area contributed by atoms with Gasteiger partial charge >= 0.3 is 18.2 Å². The molecular weight excluding hydrogens is 685 g/mol. The van der Waals surface area contributed by atoms with Crippen molar-refractivity contribution >= 4 is 29.6 Å². The zero-order valence-electron chi connectivity index (χ0n) is 29.3. The van der Waals surface area contributed by atoms with E-state index in [4.69, 9.17) is 20.4 Å². The molecule has 3 amide bonds. The molecule has 0 bridgehead atoms. The van der Waals surface area contributed by atoms with Gasteiger partial charge in [-0.15, -0.1) is 0 Å². The van der Waals surface area contributed by atoms with Gasteiger partial charge in [0.2, 0.25) is 5.91 Å². The van der Waals surface area contributed by atoms with Crippen LogP contribution < -0.4 is 16.2 Å². The predicted octanol–water partition coefficient (Wildman–Crippen LogP) is 4.48. The van der Waals surface area contributed by atoms with Gasteiger partial charge in [-0.3, -0.25) is 9.69 Å². The molecule has 1 fully saturated rings. The molecule has 4 rings (SSSR count). The summed E-state index contributed by atoms with van der Waals surface area (Å²) in [5.41, 5.74) is 9.00. The van der Waals surface area contributed by atoms with Gasteiger partial charge < -0.3 is 40.4 Å². The van der Waals surface area contributed by atoms with Crippen LogP contribution in [0.4, 0.5) is 23.7 Å². The fourth-order valence-corrected chi connectivity index (χ4v) is 6.20. The molecule has 0 aliphatic carbocycles. The highest BCUT2D eigenvalue weighted by Crippen LogP contribution is 2.29. The van der Waals surface area contributed by atoms with Crippen molar-refractivity contribution < 1.29 is 56.9 Å². The van der Waals surface area contributed by atoms with Gasteiger partial charge in [0, 0.05) is 11.3 Å². The number of rotatable bonds is 11. The van der Waals surface area contributed by atoms with Gasteiger partial charge in [0.15, 0.2) is 0 Å². The van der Waals surface area contributed by atoms with Crippen molar-refractivity contribution in [2.45, 2.75) is 77.4 Å². The molecule has 0 saturated carbocycles. The minimum atomic E-state index is -5.19. The number of amides is 3. The quantitative estimate of drug-likeness (QED) is 0.163. The maximum atomic E-state index is 14.1. The topological polar surface area (TPSA) is 182 Å². The number of phenolic OH excluding ortho intramolecular Hbond substituents is 2. The van der Waals surface area contributed by atoms with Crippen molar-refractivity contribution in [3.63, 3.8) is 0 Å². The summed E-state index contributed by atoms with van der Waals surface area (Å²) in [6.45, 7) is 8.61. The Bertz CT molecular complexity index is 1660. The molecule has 5 N–H and O–H groups in total. The van der Waals surface area contributed by atoms with Crippen LogP contribution in [-0.4, -0.2) is 87.5 Å². The van der Waals surface area contributed by atoms with Crippen LogP contribution in [0, 0.1) is 0 Å². The van der Waals surface area contributed by atoms with E-state index in [1.807, 2.05) is 12.1 Å². The van der Waals surface area contributed by atoms with Gasteiger partial charge in [-0.2, -0.15) is 13.2 Å². The molecule has 282 valence electrons. The Morgan fingerprint density at radius 1 is 1.00 bits per heavy atom. The second-order valence-electron chi connectivity index (χ2n) is 13.0. The number of quaternary nitrogens is 1. The largest absolute Gasteiger partial charge is 0.542 e. The number of piperidine rings is 1. The lowest BCUT2D eigenvalue weighted by molar-refractivity contribution is -0.946. The molecule has 52 heavy (non-hydrogen) atoms. The Kier molecular flexibility index (Phi) is 14.6. The number of nitrogens with two attached hydrogens (primary N) is 1. The number of halogens is 3. The maximum absolute atomic E-state index is 14.1. The van der Waals surface area contributed by atoms with E-state index in [0.717, 1.165) is 37.1 Å². The number of aromatic hydroxyl groups is 2. The third kappa shape index (κ3) is 12.3. The number of hydrogen-bond acceptors (Lipinski definition) is 9. The molecule has 1 heterocycles. The van der Waals surface area contributed by atoms with E-state index < -0.39 is 42.1 Å². The van der Waals surface area contributed by atoms with E-state index >= 15 is 0 Å². The van der Waals surface area contributed by atoms with Gasteiger partial charge in [0.1, 0.15) is 30.6 Å². The van der Waals surface area contributed by atoms with E-state index in [9.17, 15) is 37.8 Å². The summed E-state index contributed by atoms with van der Waals surface area (Å²) in [5, 5.41) is 31.4. The number of nitrogens with zero attached hydrogens (tertiary/aromatic N) is 2. The zero-order valence-corrected chi connectivity index (χ0v) is 29.3. The van der Waals surface area contributed by atoms with Gasteiger partial charge in [0.05, 0.1) is 36.8 Å². The first-order valence-electron chi connectivity index (χ1n) is 16.8. The number of esters is 1. The molecule has 3 atom stereocenters. The summed E-state index contributed by atoms with van der Waals surface area (Å²) in [5.74, 6) is -3.64. The molecule has 3 aromatic carbocycles. The minimum absolute atomic E-state index is 0.113. The number of benzene rings is 3. The van der Waals surface area contributed by atoms with Crippen LogP contribution in [0.3, 0.4) is 0 Å². The summed E-state index contributed by atoms with van der Waals surface area (Å²) < 4.78 is 37.5. The Morgan fingerprint density at radius 2 is 1.63 bits per heavy atom. The number of likely N-dealkylation sites (tertiary alicyclic amines) is 1. The molecule has 3 aromatic rings. The molecule has 12 nitrogen and oxygen atoms in total. The van der Waals surface area contributed by atoms with Crippen LogP contribution in [0.2, 0.25) is 0 Å². The minimum Gasteiger partial charge on any atom is -0.542 e. The first-order valence-corrected chi connectivity index (χ1v) is 16.8. The Balaban J connectivity index is 0.000000944. The lowest BCUT2D eigenvalue weighted by atomic mass is 9.97. The van der Waals surface area contributed by atoms with Gasteiger partial charge in [0.25, 0.3) is 0 Å². The van der Waals surface area contributed by atoms with Crippen LogP contribution in [-0.2, 0) is 27.3 Å². The molecule has 1 unspecified atom stereocenters. The number of hydrogen-bond donors (Lipinski definition) is 4. The number of imide groups is 1. The zero-order chi connectivity index (χ0) is 38.6. The molecule has 15 heteroatoms. The normalized spacial score (nSPS) is 17.7. The third-order valence-electron chi connectivity index (χ3n) is 8.37. The van der Waals surface area contributed by atoms with Gasteiger partial charge in [-0.05, 0) is 93.6 Å². The molecular formula is C37H45F3N4O8. The summed E-state index contributed by atoms with van der Waals surface area (Å²) in [4.78, 5) is 50.4. The van der Waals surface area contributed by atoms with Crippen molar-refractivity contribution in [3.8, 4) is 11.5 Å². The van der Waals surface area contributed by atoms with E-state index in [1.165, 1.54) is 17.0 Å². The highest BCUT2D eigenvalue weighted by atomic mass is 19.4. The molecule has 0 spiro atoms. The van der Waals surface area contributed by atoms with Crippen LogP contribution >= 0.6 is 0 Å². The predicted molar refractivity (Wildman–Crippen MR) is 184 cm³/mol. The number of anilines is 1. The maximum Gasteiger partial charge on any atom is 0.430 e. The number of carbonyl (C=O) groups is 4. The van der Waals surface area contributed by atoms with E-state index in [0.29, 0.717) is 35.2 Å². The summed E-state index contributed by atoms with van der Waals surface area (Å²) in [7, 11) is 0. The SMILES string of the molecule is CCC[N+]1(Cc2cccc(O)c2)CCC[C@H](N(C(=O)Nc2ccc(C(=O)OC(C)C)cc2)C(=O)[C@@H](N)Cc2ccc(O)cc2)C1.O=C([O-])C(F)(F)F. The number of ether oxygens (including phenoxy) is 1. The second kappa shape index (κ2) is 18.4. The first-order chi connectivity index (χ1) is 24.4. The standard InChI is InChI=1S/C35H44N4O6.C2HF3O2/c1-4-18-39(22-26-7-5-9-31(41)20-26)19-6-8-29(23-39)38(33(42)32(36)21-25-10-16-30(40)17-11-25)35(44)37-28-14-12-27(13-15-28)34(43)45-24(2)3;3-2(4,5)1(6)7/h5,7,9-17,20,24,29,32H,4,6,8,18-19,21-23,36H2,1-3H3,(H2-,37,40,41,43,44);(H,6,7)/t29-,32-,39?;/m0./s1.